The number of nitrogens with two attached hydrogens (primary N) is 3. The zero-order valence-corrected chi connectivity index (χ0v) is 22.9. The summed E-state index contributed by atoms with van der Waals surface area (Å²) in [7, 11) is -1.17. The number of aliphatic hydroxyl groups is 3. The lowest BCUT2D eigenvalue weighted by molar-refractivity contribution is -0.307. The maximum atomic E-state index is 11.1. The molecule has 13 unspecified atom stereocenters. The molecule has 0 spiro atoms. The van der Waals surface area contributed by atoms with Crippen LogP contribution in [0, 0.1) is 0 Å². The SMILES string of the molecule is CNC(C)C1CCC(N)C(OC2C(N)CC(N)C(OC3OCC(C)(O)C(NC)C3O)C2O)O1.O=S(=O)(O)O. The number of rotatable bonds is 7. The molecular formula is C21H45N5O11S. The molecule has 0 radical (unpaired) electrons. The van der Waals surface area contributed by atoms with Crippen LogP contribution in [0.25, 0.3) is 0 Å². The first-order valence-corrected chi connectivity index (χ1v) is 13.9. The van der Waals surface area contributed by atoms with Crippen LogP contribution in [0.4, 0.5) is 0 Å². The Morgan fingerprint density at radius 2 is 1.50 bits per heavy atom. The highest BCUT2D eigenvalue weighted by atomic mass is 32.3. The predicted octanol–water partition coefficient (Wildman–Crippen LogP) is -3.98. The molecule has 2 saturated heterocycles. The molecule has 1 saturated carbocycles. The van der Waals surface area contributed by atoms with Crippen LogP contribution in [0.1, 0.15) is 33.1 Å². The third-order valence-electron chi connectivity index (χ3n) is 7.24. The number of hydrogen-bond donors (Lipinski definition) is 10. The van der Waals surface area contributed by atoms with Gasteiger partial charge in [0.1, 0.15) is 30.0 Å². The van der Waals surface area contributed by atoms with Crippen LogP contribution >= 0.6 is 0 Å². The van der Waals surface area contributed by atoms with Gasteiger partial charge in [0.2, 0.25) is 0 Å². The topological polar surface area (TPSA) is 274 Å². The molecular weight excluding hydrogens is 530 g/mol. The highest BCUT2D eigenvalue weighted by Crippen LogP contribution is 2.31. The Bertz CT molecular complexity index is 832. The molecule has 13 atom stereocenters. The van der Waals surface area contributed by atoms with E-state index in [-0.39, 0.29) is 24.8 Å². The van der Waals surface area contributed by atoms with Crippen molar-refractivity contribution in [2.45, 2.75) is 112 Å². The predicted molar refractivity (Wildman–Crippen MR) is 134 cm³/mol. The number of nitrogens with one attached hydrogen (secondary N) is 2. The smallest absolute Gasteiger partial charge is 0.388 e. The standard InChI is InChI=1S/C21H43N5O7.H2O4S/c1-9(25-3)13-6-5-10(22)19(31-13)32-16-11(23)7-12(24)17(14(16)27)33-20-15(28)18(26-4)21(2,29)8-30-20;1-5(2,3)4/h9-20,25-29H,5-8,22-24H2,1-4H3;(H2,1,2,3,4). The fourth-order valence-electron chi connectivity index (χ4n) is 5.04. The molecule has 0 amide bonds. The van der Waals surface area contributed by atoms with Crippen LogP contribution in [-0.2, 0) is 29.3 Å². The second-order valence-electron chi connectivity index (χ2n) is 10.4. The van der Waals surface area contributed by atoms with Gasteiger partial charge in [-0.2, -0.15) is 8.42 Å². The minimum Gasteiger partial charge on any atom is -0.388 e. The third-order valence-corrected chi connectivity index (χ3v) is 7.24. The number of ether oxygens (including phenoxy) is 4. The van der Waals surface area contributed by atoms with Gasteiger partial charge in [-0.05, 0) is 47.2 Å². The van der Waals surface area contributed by atoms with Crippen molar-refractivity contribution in [2.24, 2.45) is 17.2 Å². The van der Waals surface area contributed by atoms with E-state index >= 15 is 0 Å². The van der Waals surface area contributed by atoms with Gasteiger partial charge >= 0.3 is 10.4 Å². The zero-order valence-electron chi connectivity index (χ0n) is 22.1. The van der Waals surface area contributed by atoms with E-state index in [2.05, 4.69) is 10.6 Å². The molecule has 13 N–H and O–H groups in total. The minimum atomic E-state index is -4.67. The Hall–Kier alpha value is -0.610. The van der Waals surface area contributed by atoms with Crippen molar-refractivity contribution in [1.82, 2.24) is 10.6 Å². The summed E-state index contributed by atoms with van der Waals surface area (Å²) < 4.78 is 55.3. The van der Waals surface area contributed by atoms with Gasteiger partial charge in [0.05, 0.1) is 24.8 Å². The van der Waals surface area contributed by atoms with Crippen molar-refractivity contribution in [3.63, 3.8) is 0 Å². The van der Waals surface area contributed by atoms with Gasteiger partial charge in [0, 0.05) is 18.1 Å². The Labute approximate surface area is 223 Å². The maximum Gasteiger partial charge on any atom is 0.394 e. The lowest BCUT2D eigenvalue weighted by Gasteiger charge is -2.48. The molecule has 17 heteroatoms. The number of hydrogen-bond acceptors (Lipinski definition) is 14. The van der Waals surface area contributed by atoms with Gasteiger partial charge in [-0.3, -0.25) is 9.11 Å². The molecule has 0 aromatic carbocycles. The van der Waals surface area contributed by atoms with E-state index in [1.165, 1.54) is 0 Å². The van der Waals surface area contributed by atoms with Crippen molar-refractivity contribution < 1.29 is 51.8 Å². The Balaban J connectivity index is 0.000000926. The maximum absolute atomic E-state index is 11.1. The summed E-state index contributed by atoms with van der Waals surface area (Å²) in [5.74, 6) is 0. The van der Waals surface area contributed by atoms with Gasteiger partial charge in [0.25, 0.3) is 0 Å². The molecule has 3 aliphatic rings. The summed E-state index contributed by atoms with van der Waals surface area (Å²) in [6.45, 7) is 3.52. The lowest BCUT2D eigenvalue weighted by Crippen LogP contribution is -2.68. The fourth-order valence-corrected chi connectivity index (χ4v) is 5.04. The summed E-state index contributed by atoms with van der Waals surface area (Å²) in [6.07, 6.45) is -4.22. The first-order chi connectivity index (χ1) is 17.5. The first-order valence-electron chi connectivity index (χ1n) is 12.5. The zero-order chi connectivity index (χ0) is 29.0. The summed E-state index contributed by atoms with van der Waals surface area (Å²) in [5.41, 5.74) is 17.5. The second kappa shape index (κ2) is 13.8. The van der Waals surface area contributed by atoms with Crippen LogP contribution in [0.15, 0.2) is 0 Å². The van der Waals surface area contributed by atoms with Crippen LogP contribution in [0.2, 0.25) is 0 Å². The average Bonchev–Trinajstić information content (AvgIpc) is 2.80. The van der Waals surface area contributed by atoms with E-state index in [4.69, 9.17) is 53.7 Å². The molecule has 1 aliphatic carbocycles. The fraction of sp³-hybridized carbons (Fsp3) is 1.00. The molecule has 38 heavy (non-hydrogen) atoms. The molecule has 0 aromatic heterocycles. The van der Waals surface area contributed by atoms with Crippen molar-refractivity contribution in [1.29, 1.82) is 0 Å². The van der Waals surface area contributed by atoms with Gasteiger partial charge < -0.3 is 62.1 Å². The number of aliphatic hydroxyl groups excluding tert-OH is 2. The monoisotopic (exact) mass is 575 g/mol. The number of likely N-dealkylation sites (N-methyl/N-ethyl adjacent to an activating group) is 2. The van der Waals surface area contributed by atoms with E-state index in [0.717, 1.165) is 6.42 Å². The van der Waals surface area contributed by atoms with E-state index in [9.17, 15) is 15.3 Å². The van der Waals surface area contributed by atoms with Gasteiger partial charge in [-0.15, -0.1) is 0 Å². The normalized spacial score (nSPS) is 45.1. The molecule has 16 nitrogen and oxygen atoms in total. The largest absolute Gasteiger partial charge is 0.394 e. The summed E-state index contributed by atoms with van der Waals surface area (Å²) in [4.78, 5) is 0. The van der Waals surface area contributed by atoms with Crippen molar-refractivity contribution >= 4 is 10.4 Å². The Kier molecular flexibility index (Phi) is 12.2. The van der Waals surface area contributed by atoms with Crippen LogP contribution in [-0.4, -0.2) is 132 Å². The third kappa shape index (κ3) is 8.95. The van der Waals surface area contributed by atoms with E-state index in [0.29, 0.717) is 12.8 Å². The minimum absolute atomic E-state index is 0.0620. The lowest BCUT2D eigenvalue weighted by atomic mass is 9.84. The molecule has 3 rings (SSSR count). The van der Waals surface area contributed by atoms with Gasteiger partial charge in [-0.1, -0.05) is 0 Å². The van der Waals surface area contributed by atoms with Gasteiger partial charge in [0.15, 0.2) is 12.6 Å². The van der Waals surface area contributed by atoms with Crippen LogP contribution in [0.5, 0.6) is 0 Å². The molecule has 2 heterocycles. The van der Waals surface area contributed by atoms with Crippen molar-refractivity contribution in [3.05, 3.63) is 0 Å². The summed E-state index contributed by atoms with van der Waals surface area (Å²) >= 11 is 0. The highest BCUT2D eigenvalue weighted by Gasteiger charge is 2.50. The molecule has 0 aromatic rings. The van der Waals surface area contributed by atoms with E-state index in [1.54, 1.807) is 14.0 Å². The average molecular weight is 576 g/mol. The van der Waals surface area contributed by atoms with E-state index in [1.807, 2.05) is 14.0 Å². The van der Waals surface area contributed by atoms with Crippen LogP contribution in [0.3, 0.4) is 0 Å². The second-order valence-corrected chi connectivity index (χ2v) is 11.3. The summed E-state index contributed by atoms with van der Waals surface area (Å²) in [6, 6.07) is -2.11. The highest BCUT2D eigenvalue weighted by molar-refractivity contribution is 7.79. The van der Waals surface area contributed by atoms with E-state index < -0.39 is 71.1 Å². The summed E-state index contributed by atoms with van der Waals surface area (Å²) in [5, 5.41) is 38.3. The van der Waals surface area contributed by atoms with Crippen LogP contribution < -0.4 is 27.8 Å². The van der Waals surface area contributed by atoms with Gasteiger partial charge in [-0.25, -0.2) is 0 Å². The van der Waals surface area contributed by atoms with Crippen molar-refractivity contribution in [2.75, 3.05) is 20.7 Å². The Morgan fingerprint density at radius 1 is 0.974 bits per heavy atom. The molecule has 2 aliphatic heterocycles. The quantitative estimate of drug-likeness (QED) is 0.130. The first kappa shape index (κ1) is 33.6. The molecule has 0 bridgehead atoms. The van der Waals surface area contributed by atoms with Crippen molar-refractivity contribution in [3.8, 4) is 0 Å². The Morgan fingerprint density at radius 3 is 2.00 bits per heavy atom. The molecule has 3 fully saturated rings. The molecule has 226 valence electrons.